The lowest BCUT2D eigenvalue weighted by Crippen LogP contribution is -2.09. The van der Waals surface area contributed by atoms with Crippen LogP contribution in [0.25, 0.3) is 0 Å². The number of nitrogens with zero attached hydrogens (tertiary/aromatic N) is 1. The van der Waals surface area contributed by atoms with Crippen LogP contribution in [0.15, 0.2) is 22.7 Å². The van der Waals surface area contributed by atoms with Crippen molar-refractivity contribution in [3.8, 4) is 0 Å². The van der Waals surface area contributed by atoms with Crippen LogP contribution in [0.1, 0.15) is 34.9 Å². The second kappa shape index (κ2) is 4.63. The fraction of sp³-hybridized carbons (Fsp3) is 0.308. The van der Waals surface area contributed by atoms with Crippen molar-refractivity contribution in [1.29, 1.82) is 0 Å². The summed E-state index contributed by atoms with van der Waals surface area (Å²) in [6.07, 6.45) is 3.08. The van der Waals surface area contributed by atoms with Crippen LogP contribution < -0.4 is 5.73 Å². The molecule has 1 unspecified atom stereocenters. The van der Waals surface area contributed by atoms with Crippen LogP contribution in [0.3, 0.4) is 0 Å². The summed E-state index contributed by atoms with van der Waals surface area (Å²) in [5.74, 6) is 0.0198. The van der Waals surface area contributed by atoms with Crippen LogP contribution in [0, 0.1) is 5.82 Å². The first kappa shape index (κ1) is 12.1. The number of hydrogen-bond acceptors (Lipinski definition) is 3. The molecule has 0 spiro atoms. The Morgan fingerprint density at radius 3 is 3.11 bits per heavy atom. The molecule has 1 aliphatic carbocycles. The molecule has 1 aromatic heterocycles. The molecule has 1 atom stereocenters. The Morgan fingerprint density at radius 1 is 1.44 bits per heavy atom. The summed E-state index contributed by atoms with van der Waals surface area (Å²) < 4.78 is 14.4. The van der Waals surface area contributed by atoms with E-state index >= 15 is 0 Å². The average Bonchev–Trinajstić information content (AvgIpc) is 2.72. The Bertz CT molecular complexity index is 597. The Kier molecular flexibility index (Phi) is 3.11. The van der Waals surface area contributed by atoms with Crippen molar-refractivity contribution in [2.24, 2.45) is 0 Å². The molecule has 94 valence electrons. The maximum Gasteiger partial charge on any atom is 0.180 e. The van der Waals surface area contributed by atoms with Crippen LogP contribution in [0.2, 0.25) is 0 Å². The summed E-state index contributed by atoms with van der Waals surface area (Å²) in [4.78, 5) is 5.57. The van der Waals surface area contributed by atoms with Gasteiger partial charge in [-0.15, -0.1) is 11.3 Å². The highest BCUT2D eigenvalue weighted by atomic mass is 79.9. The van der Waals surface area contributed by atoms with Crippen molar-refractivity contribution in [2.45, 2.75) is 25.2 Å². The molecule has 0 saturated carbocycles. The second-order valence-electron chi connectivity index (χ2n) is 4.47. The fourth-order valence-corrected chi connectivity index (χ4v) is 4.07. The zero-order valence-electron chi connectivity index (χ0n) is 9.62. The monoisotopic (exact) mass is 326 g/mol. The van der Waals surface area contributed by atoms with E-state index in [2.05, 4.69) is 20.9 Å². The molecule has 2 nitrogen and oxygen atoms in total. The average molecular weight is 327 g/mol. The Hall–Kier alpha value is -0.940. The number of thiazole rings is 1. The number of benzene rings is 1. The number of halogens is 2. The predicted octanol–water partition coefficient (Wildman–Crippen LogP) is 4.10. The van der Waals surface area contributed by atoms with Gasteiger partial charge in [0.15, 0.2) is 5.13 Å². The first-order chi connectivity index (χ1) is 8.65. The molecule has 2 N–H and O–H groups in total. The molecule has 5 heteroatoms. The van der Waals surface area contributed by atoms with Crippen molar-refractivity contribution < 1.29 is 4.39 Å². The van der Waals surface area contributed by atoms with E-state index in [4.69, 9.17) is 5.73 Å². The molecule has 0 fully saturated rings. The van der Waals surface area contributed by atoms with Crippen LogP contribution in [-0.2, 0) is 6.42 Å². The van der Waals surface area contributed by atoms with Gasteiger partial charge in [-0.3, -0.25) is 0 Å². The summed E-state index contributed by atoms with van der Waals surface area (Å²) >= 11 is 5.04. The lowest BCUT2D eigenvalue weighted by molar-refractivity contribution is 0.598. The molecule has 0 amide bonds. The Labute approximate surface area is 117 Å². The first-order valence-corrected chi connectivity index (χ1v) is 7.46. The molecule has 0 saturated heterocycles. The minimum atomic E-state index is -0.196. The maximum absolute atomic E-state index is 13.4. The number of anilines is 1. The standard InChI is InChI=1S/C13H12BrFN2S/c14-10-5-4-7(15)6-9(10)8-2-1-3-11-12(8)18-13(16)17-11/h4-6,8H,1-3H2,(H2,16,17). The smallest absolute Gasteiger partial charge is 0.180 e. The van der Waals surface area contributed by atoms with Crippen molar-refractivity contribution in [3.05, 3.63) is 44.6 Å². The number of rotatable bonds is 1. The van der Waals surface area contributed by atoms with Crippen molar-refractivity contribution in [3.63, 3.8) is 0 Å². The number of nitrogen functional groups attached to an aromatic ring is 1. The molecule has 18 heavy (non-hydrogen) atoms. The minimum Gasteiger partial charge on any atom is -0.375 e. The van der Waals surface area contributed by atoms with Crippen LogP contribution in [0.4, 0.5) is 9.52 Å². The van der Waals surface area contributed by atoms with E-state index in [1.54, 1.807) is 12.1 Å². The van der Waals surface area contributed by atoms with E-state index in [9.17, 15) is 4.39 Å². The van der Waals surface area contributed by atoms with Crippen molar-refractivity contribution in [2.75, 3.05) is 5.73 Å². The number of aromatic nitrogens is 1. The summed E-state index contributed by atoms with van der Waals surface area (Å²) in [5.41, 5.74) is 7.88. The normalized spacial score (nSPS) is 18.7. The highest BCUT2D eigenvalue weighted by Crippen LogP contribution is 2.42. The van der Waals surface area contributed by atoms with Crippen molar-refractivity contribution >= 4 is 32.4 Å². The van der Waals surface area contributed by atoms with Gasteiger partial charge < -0.3 is 5.73 Å². The van der Waals surface area contributed by atoms with Gasteiger partial charge in [-0.25, -0.2) is 9.37 Å². The van der Waals surface area contributed by atoms with E-state index in [0.717, 1.165) is 35.0 Å². The predicted molar refractivity (Wildman–Crippen MR) is 75.4 cm³/mol. The molecule has 3 rings (SSSR count). The third kappa shape index (κ3) is 2.06. The molecule has 0 bridgehead atoms. The maximum atomic E-state index is 13.4. The molecular formula is C13H12BrFN2S. The van der Waals surface area contributed by atoms with E-state index in [1.807, 2.05) is 0 Å². The Morgan fingerprint density at radius 2 is 2.28 bits per heavy atom. The summed E-state index contributed by atoms with van der Waals surface area (Å²) in [7, 11) is 0. The van der Waals surface area contributed by atoms with Crippen LogP contribution >= 0.6 is 27.3 Å². The van der Waals surface area contributed by atoms with Gasteiger partial charge in [0.1, 0.15) is 5.82 Å². The van der Waals surface area contributed by atoms with Gasteiger partial charge in [0.25, 0.3) is 0 Å². The molecule has 0 aliphatic heterocycles. The highest BCUT2D eigenvalue weighted by Gasteiger charge is 2.27. The summed E-state index contributed by atoms with van der Waals surface area (Å²) in [6, 6.07) is 4.85. The molecule has 1 aliphatic rings. The van der Waals surface area contributed by atoms with Gasteiger partial charge in [-0.2, -0.15) is 0 Å². The SMILES string of the molecule is Nc1nc2c(s1)C(c1cc(F)ccc1Br)CCC2. The largest absolute Gasteiger partial charge is 0.375 e. The fourth-order valence-electron chi connectivity index (χ4n) is 2.52. The third-order valence-electron chi connectivity index (χ3n) is 3.30. The number of aryl methyl sites for hydroxylation is 1. The van der Waals surface area contributed by atoms with Crippen LogP contribution in [0.5, 0.6) is 0 Å². The van der Waals surface area contributed by atoms with Gasteiger partial charge in [-0.05, 0) is 43.0 Å². The lowest BCUT2D eigenvalue weighted by atomic mass is 9.86. The quantitative estimate of drug-likeness (QED) is 0.857. The van der Waals surface area contributed by atoms with Gasteiger partial charge in [0.2, 0.25) is 0 Å². The number of fused-ring (bicyclic) bond motifs is 1. The third-order valence-corrected chi connectivity index (χ3v) is 5.06. The topological polar surface area (TPSA) is 38.9 Å². The number of nitrogens with two attached hydrogens (primary N) is 1. The summed E-state index contributed by atoms with van der Waals surface area (Å²) in [5, 5.41) is 0.611. The van der Waals surface area contributed by atoms with Gasteiger partial charge in [0, 0.05) is 15.3 Å². The number of hydrogen-bond donors (Lipinski definition) is 1. The molecular weight excluding hydrogens is 315 g/mol. The van der Waals surface area contributed by atoms with E-state index in [-0.39, 0.29) is 11.7 Å². The first-order valence-electron chi connectivity index (χ1n) is 5.85. The lowest BCUT2D eigenvalue weighted by Gasteiger charge is -2.22. The van der Waals surface area contributed by atoms with Gasteiger partial charge in [-0.1, -0.05) is 15.9 Å². The van der Waals surface area contributed by atoms with Gasteiger partial charge in [0.05, 0.1) is 5.69 Å². The van der Waals surface area contributed by atoms with E-state index in [1.165, 1.54) is 22.3 Å². The van der Waals surface area contributed by atoms with E-state index in [0.29, 0.717) is 5.13 Å². The minimum absolute atomic E-state index is 0.196. The second-order valence-corrected chi connectivity index (χ2v) is 6.39. The van der Waals surface area contributed by atoms with Crippen LogP contribution in [-0.4, -0.2) is 4.98 Å². The zero-order chi connectivity index (χ0) is 12.7. The molecule has 2 aromatic rings. The Balaban J connectivity index is 2.10. The van der Waals surface area contributed by atoms with Crippen molar-refractivity contribution in [1.82, 2.24) is 4.98 Å². The van der Waals surface area contributed by atoms with E-state index < -0.39 is 0 Å². The molecule has 1 heterocycles. The van der Waals surface area contributed by atoms with Gasteiger partial charge >= 0.3 is 0 Å². The highest BCUT2D eigenvalue weighted by molar-refractivity contribution is 9.10. The summed E-state index contributed by atoms with van der Waals surface area (Å²) in [6.45, 7) is 0. The zero-order valence-corrected chi connectivity index (χ0v) is 12.0. The molecule has 0 radical (unpaired) electrons. The molecule has 1 aromatic carbocycles.